The highest BCUT2D eigenvalue weighted by molar-refractivity contribution is 14.1. The maximum Gasteiger partial charge on any atom is 0.412 e. The third-order valence-electron chi connectivity index (χ3n) is 1.45. The zero-order valence-electron chi connectivity index (χ0n) is 7.59. The second-order valence-corrected chi connectivity index (χ2v) is 4.63. The highest BCUT2D eigenvalue weighted by Gasteiger charge is 2.05. The Morgan fingerprint density at radius 3 is 3.07 bits per heavy atom. The number of carbonyl (C=O) groups excluding carboxylic acids is 1. The van der Waals surface area contributed by atoms with E-state index in [1.54, 1.807) is 0 Å². The maximum atomic E-state index is 11.2. The van der Waals surface area contributed by atoms with Crippen LogP contribution in [0.15, 0.2) is 22.7 Å². The third-order valence-corrected chi connectivity index (χ3v) is 2.81. The number of anilines is 1. The predicted octanol–water partition coefficient (Wildman–Crippen LogP) is 3.24. The number of amides is 1. The monoisotopic (exact) mass is 379 g/mol. The Bertz CT molecular complexity index is 414. The van der Waals surface area contributed by atoms with E-state index in [0.29, 0.717) is 5.69 Å². The number of nitrogens with one attached hydrogen (secondary N) is 1. The van der Waals surface area contributed by atoms with E-state index in [9.17, 15) is 4.79 Å². The highest BCUT2D eigenvalue weighted by Crippen LogP contribution is 2.24. The number of hydrogen-bond acceptors (Lipinski definition) is 2. The average molecular weight is 380 g/mol. The summed E-state index contributed by atoms with van der Waals surface area (Å²) >= 11 is 5.47. The van der Waals surface area contributed by atoms with Gasteiger partial charge in [0, 0.05) is 8.04 Å². The first-order chi connectivity index (χ1) is 7.13. The van der Waals surface area contributed by atoms with Gasteiger partial charge in [0.2, 0.25) is 0 Å². The number of hydrogen-bond donors (Lipinski definition) is 1. The fourth-order valence-corrected chi connectivity index (χ4v) is 1.68. The molecule has 0 aliphatic heterocycles. The number of carbonyl (C=O) groups is 1. The van der Waals surface area contributed by atoms with Crippen LogP contribution in [0.1, 0.15) is 0 Å². The summed E-state index contributed by atoms with van der Waals surface area (Å²) in [6, 6.07) is 5.59. The van der Waals surface area contributed by atoms with Crippen LogP contribution in [0.25, 0.3) is 0 Å². The van der Waals surface area contributed by atoms with Gasteiger partial charge in [0.1, 0.15) is 0 Å². The SMILES string of the molecule is C#CCOC(=O)Nc1cc(I)ccc1Br. The third kappa shape index (κ3) is 4.10. The Balaban J connectivity index is 2.68. The summed E-state index contributed by atoms with van der Waals surface area (Å²) < 4.78 is 6.49. The van der Waals surface area contributed by atoms with Gasteiger partial charge in [-0.25, -0.2) is 4.79 Å². The molecule has 0 atom stereocenters. The second kappa shape index (κ2) is 5.98. The molecule has 1 aromatic rings. The van der Waals surface area contributed by atoms with Gasteiger partial charge in [-0.3, -0.25) is 5.32 Å². The smallest absolute Gasteiger partial charge is 0.412 e. The maximum absolute atomic E-state index is 11.2. The summed E-state index contributed by atoms with van der Waals surface area (Å²) in [5.74, 6) is 2.21. The molecule has 0 spiro atoms. The lowest BCUT2D eigenvalue weighted by Gasteiger charge is -2.07. The van der Waals surface area contributed by atoms with Crippen molar-refractivity contribution < 1.29 is 9.53 Å². The van der Waals surface area contributed by atoms with E-state index in [4.69, 9.17) is 6.42 Å². The Kier molecular flexibility index (Phi) is 4.91. The highest BCUT2D eigenvalue weighted by atomic mass is 127. The van der Waals surface area contributed by atoms with Crippen molar-refractivity contribution in [3.8, 4) is 12.3 Å². The molecule has 0 saturated heterocycles. The number of ether oxygens (including phenoxy) is 1. The molecule has 0 saturated carbocycles. The van der Waals surface area contributed by atoms with Crippen LogP contribution in [0.3, 0.4) is 0 Å². The van der Waals surface area contributed by atoms with E-state index >= 15 is 0 Å². The first kappa shape index (κ1) is 12.3. The van der Waals surface area contributed by atoms with Gasteiger partial charge in [0.15, 0.2) is 6.61 Å². The zero-order valence-corrected chi connectivity index (χ0v) is 11.3. The summed E-state index contributed by atoms with van der Waals surface area (Å²) in [5.41, 5.74) is 0.656. The Morgan fingerprint density at radius 1 is 1.67 bits per heavy atom. The Morgan fingerprint density at radius 2 is 2.40 bits per heavy atom. The molecular formula is C10H7BrINO2. The van der Waals surface area contributed by atoms with E-state index in [1.807, 2.05) is 18.2 Å². The largest absolute Gasteiger partial charge is 0.436 e. The van der Waals surface area contributed by atoms with E-state index in [-0.39, 0.29) is 6.61 Å². The van der Waals surface area contributed by atoms with Gasteiger partial charge in [-0.1, -0.05) is 5.92 Å². The van der Waals surface area contributed by atoms with Gasteiger partial charge in [0.25, 0.3) is 0 Å². The van der Waals surface area contributed by atoms with Crippen molar-refractivity contribution in [3.63, 3.8) is 0 Å². The van der Waals surface area contributed by atoms with Crippen LogP contribution >= 0.6 is 38.5 Å². The van der Waals surface area contributed by atoms with Gasteiger partial charge in [0.05, 0.1) is 5.69 Å². The molecule has 0 aromatic heterocycles. The minimum absolute atomic E-state index is 0.0343. The van der Waals surface area contributed by atoms with Crippen molar-refractivity contribution >= 4 is 50.3 Å². The summed E-state index contributed by atoms with van der Waals surface area (Å²) in [5, 5.41) is 2.58. The molecule has 0 fully saturated rings. The summed E-state index contributed by atoms with van der Waals surface area (Å²) in [6.45, 7) is -0.0343. The van der Waals surface area contributed by atoms with Crippen molar-refractivity contribution in [2.45, 2.75) is 0 Å². The van der Waals surface area contributed by atoms with Crippen LogP contribution in [0.4, 0.5) is 10.5 Å². The van der Waals surface area contributed by atoms with E-state index in [2.05, 4.69) is 54.5 Å². The van der Waals surface area contributed by atoms with Crippen molar-refractivity contribution in [2.24, 2.45) is 0 Å². The van der Waals surface area contributed by atoms with Crippen molar-refractivity contribution in [3.05, 3.63) is 26.2 Å². The number of terminal acetylenes is 1. The minimum atomic E-state index is -0.560. The molecule has 1 amide bonds. The average Bonchev–Trinajstić information content (AvgIpc) is 2.20. The van der Waals surface area contributed by atoms with E-state index in [1.165, 1.54) is 0 Å². The first-order valence-electron chi connectivity index (χ1n) is 3.96. The zero-order chi connectivity index (χ0) is 11.3. The van der Waals surface area contributed by atoms with Crippen LogP contribution in [0.5, 0.6) is 0 Å². The van der Waals surface area contributed by atoms with Crippen LogP contribution in [-0.4, -0.2) is 12.7 Å². The van der Waals surface area contributed by atoms with E-state index < -0.39 is 6.09 Å². The molecule has 0 aliphatic rings. The van der Waals surface area contributed by atoms with Gasteiger partial charge in [-0.15, -0.1) is 6.42 Å². The lowest BCUT2D eigenvalue weighted by molar-refractivity contribution is 0.176. The van der Waals surface area contributed by atoms with Crippen LogP contribution in [0.2, 0.25) is 0 Å². The number of halogens is 2. The second-order valence-electron chi connectivity index (χ2n) is 2.53. The Labute approximate surface area is 110 Å². The van der Waals surface area contributed by atoms with Gasteiger partial charge in [-0.2, -0.15) is 0 Å². The van der Waals surface area contributed by atoms with Crippen molar-refractivity contribution in [1.82, 2.24) is 0 Å². The molecule has 5 heteroatoms. The predicted molar refractivity (Wildman–Crippen MR) is 70.7 cm³/mol. The van der Waals surface area contributed by atoms with E-state index in [0.717, 1.165) is 8.04 Å². The molecule has 78 valence electrons. The standard InChI is InChI=1S/C10H7BrINO2/c1-2-5-15-10(14)13-9-6-7(12)3-4-8(9)11/h1,3-4,6H,5H2,(H,13,14). The molecule has 0 radical (unpaired) electrons. The van der Waals surface area contributed by atoms with Crippen LogP contribution in [0, 0.1) is 15.9 Å². The topological polar surface area (TPSA) is 38.3 Å². The fourth-order valence-electron chi connectivity index (χ4n) is 0.847. The summed E-state index contributed by atoms with van der Waals surface area (Å²) in [4.78, 5) is 11.2. The van der Waals surface area contributed by atoms with Gasteiger partial charge >= 0.3 is 6.09 Å². The van der Waals surface area contributed by atoms with Crippen molar-refractivity contribution in [1.29, 1.82) is 0 Å². The van der Waals surface area contributed by atoms with Crippen LogP contribution < -0.4 is 5.32 Å². The lowest BCUT2D eigenvalue weighted by atomic mass is 10.3. The normalized spacial score (nSPS) is 9.13. The quantitative estimate of drug-likeness (QED) is 0.632. The molecule has 15 heavy (non-hydrogen) atoms. The number of rotatable bonds is 2. The fraction of sp³-hybridized carbons (Fsp3) is 0.100. The molecule has 3 nitrogen and oxygen atoms in total. The minimum Gasteiger partial charge on any atom is -0.436 e. The summed E-state index contributed by atoms with van der Waals surface area (Å²) in [6.07, 6.45) is 4.40. The molecule has 0 bridgehead atoms. The lowest BCUT2D eigenvalue weighted by Crippen LogP contribution is -2.14. The van der Waals surface area contributed by atoms with Crippen molar-refractivity contribution in [2.75, 3.05) is 11.9 Å². The van der Waals surface area contributed by atoms with Gasteiger partial charge < -0.3 is 4.74 Å². The molecule has 1 aromatic carbocycles. The number of benzene rings is 1. The molecular weight excluding hydrogens is 373 g/mol. The molecule has 1 rings (SSSR count). The summed E-state index contributed by atoms with van der Waals surface area (Å²) in [7, 11) is 0. The molecule has 0 unspecified atom stereocenters. The van der Waals surface area contributed by atoms with Crippen LogP contribution in [-0.2, 0) is 4.74 Å². The Hall–Kier alpha value is -0.740. The molecule has 1 N–H and O–H groups in total. The van der Waals surface area contributed by atoms with Gasteiger partial charge in [-0.05, 0) is 56.7 Å². The molecule has 0 aliphatic carbocycles. The first-order valence-corrected chi connectivity index (χ1v) is 5.83. The molecule has 0 heterocycles.